The van der Waals surface area contributed by atoms with Crippen molar-refractivity contribution < 1.29 is 9.32 Å². The summed E-state index contributed by atoms with van der Waals surface area (Å²) in [5, 5.41) is 7.40. The van der Waals surface area contributed by atoms with Crippen LogP contribution < -0.4 is 10.9 Å². The minimum absolute atomic E-state index is 0.110. The molecule has 3 aromatic rings. The minimum Gasteiger partial charge on any atom is -0.360 e. The maximum atomic E-state index is 12.9. The number of rotatable bonds is 5. The van der Waals surface area contributed by atoms with E-state index in [-0.39, 0.29) is 17.5 Å². The van der Waals surface area contributed by atoms with Crippen LogP contribution in [0.3, 0.4) is 0 Å². The van der Waals surface area contributed by atoms with Gasteiger partial charge in [0.2, 0.25) is 5.91 Å². The third-order valence-electron chi connectivity index (χ3n) is 3.88. The topological polar surface area (TPSA) is 90.0 Å². The average Bonchev–Trinajstić information content (AvgIpc) is 2.99. The van der Waals surface area contributed by atoms with E-state index in [9.17, 15) is 9.59 Å². The molecule has 1 aromatic carbocycles. The average molecular weight is 407 g/mol. The molecule has 0 aliphatic heterocycles. The van der Waals surface area contributed by atoms with E-state index in [2.05, 4.69) is 15.5 Å². The Morgan fingerprint density at radius 2 is 2.04 bits per heavy atom. The van der Waals surface area contributed by atoms with E-state index >= 15 is 0 Å². The second-order valence-electron chi connectivity index (χ2n) is 6.40. The molecule has 142 valence electrons. The number of anilines is 1. The monoisotopic (exact) mass is 406 g/mol. The molecule has 3 rings (SSSR count). The minimum atomic E-state index is -0.504. The Bertz CT molecular complexity index is 1060. The predicted molar refractivity (Wildman–Crippen MR) is 107 cm³/mol. The zero-order valence-corrected chi connectivity index (χ0v) is 16.9. The summed E-state index contributed by atoms with van der Waals surface area (Å²) in [6.45, 7) is 7.29. The van der Waals surface area contributed by atoms with Crippen LogP contribution in [0.4, 0.5) is 5.82 Å². The van der Waals surface area contributed by atoms with Crippen LogP contribution in [0.5, 0.6) is 0 Å². The summed E-state index contributed by atoms with van der Waals surface area (Å²) in [4.78, 5) is 29.9. The molecule has 1 amide bonds. The number of aryl methyl sites for hydroxylation is 1. The quantitative estimate of drug-likeness (QED) is 0.507. The fourth-order valence-electron chi connectivity index (χ4n) is 2.56. The highest BCUT2D eigenvalue weighted by Gasteiger charge is 2.21. The number of fused-ring (bicyclic) bond motifs is 1. The van der Waals surface area contributed by atoms with Gasteiger partial charge >= 0.3 is 0 Å². The smallest absolute Gasteiger partial charge is 0.262 e. The van der Waals surface area contributed by atoms with Gasteiger partial charge in [-0.2, -0.15) is 0 Å². The first-order chi connectivity index (χ1) is 12.8. The number of aromatic nitrogens is 3. The normalized spacial score (nSPS) is 12.5. The summed E-state index contributed by atoms with van der Waals surface area (Å²) in [6, 6.07) is 6.51. The summed E-state index contributed by atoms with van der Waals surface area (Å²) in [5.74, 6) is 0.695. The summed E-state index contributed by atoms with van der Waals surface area (Å²) in [6.07, 6.45) is 0. The number of benzene rings is 1. The second-order valence-corrected chi connectivity index (χ2v) is 8.14. The highest BCUT2D eigenvalue weighted by atomic mass is 35.5. The van der Waals surface area contributed by atoms with Crippen LogP contribution in [0.25, 0.3) is 10.9 Å². The molecule has 27 heavy (non-hydrogen) atoms. The predicted octanol–water partition coefficient (Wildman–Crippen LogP) is 4.05. The SMILES string of the molecule is Cc1cc(NC(=O)[C@@H](C)Sc2nc3cc(Cl)ccc3c(=O)n2C(C)C)no1. The van der Waals surface area contributed by atoms with Crippen molar-refractivity contribution in [1.29, 1.82) is 0 Å². The molecule has 1 N–H and O–H groups in total. The van der Waals surface area contributed by atoms with Gasteiger partial charge in [-0.1, -0.05) is 28.5 Å². The second kappa shape index (κ2) is 7.74. The van der Waals surface area contributed by atoms with Crippen molar-refractivity contribution in [3.8, 4) is 0 Å². The molecule has 0 fully saturated rings. The first kappa shape index (κ1) is 19.4. The van der Waals surface area contributed by atoms with Crippen LogP contribution >= 0.6 is 23.4 Å². The number of carbonyl (C=O) groups is 1. The van der Waals surface area contributed by atoms with E-state index < -0.39 is 5.25 Å². The maximum absolute atomic E-state index is 12.9. The van der Waals surface area contributed by atoms with Gasteiger partial charge in [-0.15, -0.1) is 0 Å². The molecular weight excluding hydrogens is 388 g/mol. The van der Waals surface area contributed by atoms with Gasteiger partial charge in [0.15, 0.2) is 11.0 Å². The van der Waals surface area contributed by atoms with Crippen LogP contribution in [0.1, 0.15) is 32.6 Å². The first-order valence-corrected chi connectivity index (χ1v) is 9.64. The zero-order chi connectivity index (χ0) is 19.7. The highest BCUT2D eigenvalue weighted by Crippen LogP contribution is 2.26. The molecule has 2 aromatic heterocycles. The molecule has 9 heteroatoms. The summed E-state index contributed by atoms with van der Waals surface area (Å²) >= 11 is 7.24. The largest absolute Gasteiger partial charge is 0.360 e. The first-order valence-electron chi connectivity index (χ1n) is 8.39. The van der Waals surface area contributed by atoms with Gasteiger partial charge in [-0.25, -0.2) is 4.98 Å². The van der Waals surface area contributed by atoms with Gasteiger partial charge in [0.25, 0.3) is 5.56 Å². The van der Waals surface area contributed by atoms with Gasteiger partial charge < -0.3 is 9.84 Å². The van der Waals surface area contributed by atoms with Crippen molar-refractivity contribution in [2.24, 2.45) is 0 Å². The van der Waals surface area contributed by atoms with Crippen molar-refractivity contribution in [2.75, 3.05) is 5.32 Å². The van der Waals surface area contributed by atoms with Gasteiger partial charge in [0, 0.05) is 17.1 Å². The van der Waals surface area contributed by atoms with E-state index in [1.54, 1.807) is 42.7 Å². The van der Waals surface area contributed by atoms with E-state index in [1.165, 1.54) is 11.8 Å². The standard InChI is InChI=1S/C18H19ClN4O3S/c1-9(2)23-17(25)13-6-5-12(19)8-14(13)20-18(23)27-11(4)16(24)21-15-7-10(3)26-22-15/h5-9,11H,1-4H3,(H,21,22,24)/t11-/m1/s1. The Labute approximate surface area is 165 Å². The number of thioether (sulfide) groups is 1. The summed E-state index contributed by atoms with van der Waals surface area (Å²) in [7, 11) is 0. The summed E-state index contributed by atoms with van der Waals surface area (Å²) in [5.41, 5.74) is 0.348. The lowest BCUT2D eigenvalue weighted by atomic mass is 10.2. The van der Waals surface area contributed by atoms with Crippen molar-refractivity contribution in [2.45, 2.75) is 44.1 Å². The van der Waals surface area contributed by atoms with Crippen LogP contribution in [0.2, 0.25) is 5.02 Å². The molecule has 1 atom stereocenters. The lowest BCUT2D eigenvalue weighted by Crippen LogP contribution is -2.28. The Hall–Kier alpha value is -2.32. The Kier molecular flexibility index (Phi) is 5.57. The van der Waals surface area contributed by atoms with Gasteiger partial charge in [0.05, 0.1) is 16.2 Å². The number of nitrogens with zero attached hydrogens (tertiary/aromatic N) is 3. The van der Waals surface area contributed by atoms with Gasteiger partial charge in [0.1, 0.15) is 5.76 Å². The number of halogens is 1. The van der Waals surface area contributed by atoms with Gasteiger partial charge in [-0.05, 0) is 45.9 Å². The lowest BCUT2D eigenvalue weighted by molar-refractivity contribution is -0.115. The number of carbonyl (C=O) groups excluding carboxylic acids is 1. The molecule has 0 saturated heterocycles. The number of hydrogen-bond acceptors (Lipinski definition) is 6. The molecule has 2 heterocycles. The Morgan fingerprint density at radius 1 is 1.30 bits per heavy atom. The molecule has 0 radical (unpaired) electrons. The molecular formula is C18H19ClN4O3S. The van der Waals surface area contributed by atoms with Crippen molar-refractivity contribution in [3.05, 3.63) is 45.4 Å². The molecule has 0 aliphatic rings. The van der Waals surface area contributed by atoms with Crippen LogP contribution in [-0.2, 0) is 4.79 Å². The summed E-state index contributed by atoms with van der Waals surface area (Å²) < 4.78 is 6.54. The molecule has 7 nitrogen and oxygen atoms in total. The third-order valence-corrected chi connectivity index (χ3v) is 5.18. The fraction of sp³-hybridized carbons (Fsp3) is 0.333. The molecule has 0 unspecified atom stereocenters. The van der Waals surface area contributed by atoms with Gasteiger partial charge in [-0.3, -0.25) is 14.2 Å². The van der Waals surface area contributed by atoms with Crippen LogP contribution in [-0.4, -0.2) is 25.9 Å². The lowest BCUT2D eigenvalue weighted by Gasteiger charge is -2.18. The molecule has 0 aliphatic carbocycles. The number of amides is 1. The van der Waals surface area contributed by atoms with Crippen molar-refractivity contribution >= 4 is 46.0 Å². The van der Waals surface area contributed by atoms with Crippen LogP contribution in [0, 0.1) is 6.92 Å². The Balaban J connectivity index is 1.93. The van der Waals surface area contributed by atoms with E-state index in [0.717, 1.165) is 0 Å². The third kappa shape index (κ3) is 4.17. The Morgan fingerprint density at radius 3 is 2.67 bits per heavy atom. The van der Waals surface area contributed by atoms with Crippen LogP contribution in [0.15, 0.2) is 38.7 Å². The van der Waals surface area contributed by atoms with E-state index in [0.29, 0.717) is 32.7 Å². The molecule has 0 bridgehead atoms. The zero-order valence-electron chi connectivity index (χ0n) is 15.3. The van der Waals surface area contributed by atoms with Crippen molar-refractivity contribution in [1.82, 2.24) is 14.7 Å². The van der Waals surface area contributed by atoms with Crippen molar-refractivity contribution in [3.63, 3.8) is 0 Å². The fourth-order valence-corrected chi connectivity index (χ4v) is 3.76. The highest BCUT2D eigenvalue weighted by molar-refractivity contribution is 8.00. The van der Waals surface area contributed by atoms with E-state index in [1.807, 2.05) is 13.8 Å². The molecule has 0 saturated carbocycles. The number of hydrogen-bond donors (Lipinski definition) is 1. The maximum Gasteiger partial charge on any atom is 0.262 e. The molecule has 0 spiro atoms. The van der Waals surface area contributed by atoms with E-state index in [4.69, 9.17) is 16.1 Å². The number of nitrogens with one attached hydrogen (secondary N) is 1.